The van der Waals surface area contributed by atoms with Crippen LogP contribution < -0.4 is 15.8 Å². The molecule has 3 aliphatic rings. The van der Waals surface area contributed by atoms with Gasteiger partial charge in [0, 0.05) is 62.0 Å². The van der Waals surface area contributed by atoms with Crippen LogP contribution in [0.15, 0.2) is 36.8 Å². The van der Waals surface area contributed by atoms with Crippen LogP contribution in [0.3, 0.4) is 0 Å². The first-order valence-electron chi connectivity index (χ1n) is 16.4. The molecule has 2 amide bonds. The first-order valence-corrected chi connectivity index (χ1v) is 16.4. The smallest absolute Gasteiger partial charge is 0.316 e. The molecule has 47 heavy (non-hydrogen) atoms. The Bertz CT molecular complexity index is 1740. The summed E-state index contributed by atoms with van der Waals surface area (Å²) in [5.74, 6) is 0.00208. The van der Waals surface area contributed by atoms with Crippen molar-refractivity contribution in [1.82, 2.24) is 39.7 Å². The van der Waals surface area contributed by atoms with E-state index >= 15 is 0 Å². The number of rotatable bonds is 8. The summed E-state index contributed by atoms with van der Waals surface area (Å²) < 4.78 is 35.8. The Morgan fingerprint density at radius 2 is 1.68 bits per heavy atom. The number of carbonyl (C=O) groups excluding carboxylic acids is 2. The molecule has 1 aromatic carbocycles. The van der Waals surface area contributed by atoms with Crippen LogP contribution in [0.1, 0.15) is 81.3 Å². The number of nitrogens with two attached hydrogens (primary N) is 1. The van der Waals surface area contributed by atoms with Gasteiger partial charge in [-0.25, -0.2) is 18.7 Å². The van der Waals surface area contributed by atoms with Crippen molar-refractivity contribution in [3.63, 3.8) is 0 Å². The number of ether oxygens (including phenoxy) is 1. The molecule has 3 N–H and O–H groups in total. The lowest BCUT2D eigenvalue weighted by Crippen LogP contribution is -2.41. The van der Waals surface area contributed by atoms with Crippen LogP contribution in [0.2, 0.25) is 0 Å². The van der Waals surface area contributed by atoms with Crippen molar-refractivity contribution in [2.75, 3.05) is 25.4 Å². The van der Waals surface area contributed by atoms with Crippen molar-refractivity contribution in [2.24, 2.45) is 5.92 Å². The number of hydrogen-bond acceptors (Lipinski definition) is 9. The molecule has 3 fully saturated rings. The van der Waals surface area contributed by atoms with E-state index in [0.29, 0.717) is 11.9 Å². The highest BCUT2D eigenvalue weighted by Crippen LogP contribution is 2.36. The molecule has 0 unspecified atom stereocenters. The molecule has 0 radical (unpaired) electrons. The van der Waals surface area contributed by atoms with Gasteiger partial charge >= 0.3 is 6.01 Å². The Kier molecular flexibility index (Phi) is 8.60. The third-order valence-corrected chi connectivity index (χ3v) is 9.83. The van der Waals surface area contributed by atoms with E-state index < -0.39 is 6.43 Å². The average Bonchev–Trinajstić information content (AvgIpc) is 3.62. The Labute approximate surface area is 270 Å². The van der Waals surface area contributed by atoms with Gasteiger partial charge in [-0.1, -0.05) is 12.1 Å². The van der Waals surface area contributed by atoms with Crippen LogP contribution in [0.5, 0.6) is 6.01 Å². The molecule has 2 saturated heterocycles. The lowest BCUT2D eigenvalue weighted by atomic mass is 9.85. The van der Waals surface area contributed by atoms with E-state index in [-0.39, 0.29) is 54.2 Å². The molecule has 0 atom stereocenters. The summed E-state index contributed by atoms with van der Waals surface area (Å²) in [5, 5.41) is 12.1. The number of aromatic nitrogens is 6. The summed E-state index contributed by atoms with van der Waals surface area (Å²) in [4.78, 5) is 35.6. The summed E-state index contributed by atoms with van der Waals surface area (Å²) in [6.45, 7) is 4.83. The SMILES string of the molecule is Cc1nn(C2CC(=O)NC(=O)C2)c2cccc(-c3cnc(OC4CCN(CC5CCC(n6cc(N)c(C(F)F)n6)CC5)CC4)nc3)c12. The monoisotopic (exact) mass is 647 g/mol. The van der Waals surface area contributed by atoms with Crippen molar-refractivity contribution < 1.29 is 23.1 Å². The molecule has 0 bridgehead atoms. The highest BCUT2D eigenvalue weighted by molar-refractivity contribution is 5.99. The highest BCUT2D eigenvalue weighted by atomic mass is 19.3. The number of likely N-dealkylation sites (tertiary alicyclic amines) is 1. The van der Waals surface area contributed by atoms with Crippen LogP contribution in [0.4, 0.5) is 14.5 Å². The standard InChI is InChI=1S/C33H39F2N9O3/c1-19-30-25(3-2-4-27(30)44(40-19)23-13-28(45)39-29(46)14-23)21-15-37-33(38-16-21)47-24-9-11-42(12-10-24)17-20-5-7-22(8-6-20)43-18-26(36)31(41-43)32(34)35/h2-4,15-16,18,20,22-24,32H,5-14,17,36H2,1H3,(H,39,45,46). The van der Waals surface area contributed by atoms with Crippen LogP contribution >= 0.6 is 0 Å². The highest BCUT2D eigenvalue weighted by Gasteiger charge is 2.30. The third-order valence-electron chi connectivity index (χ3n) is 9.83. The second kappa shape index (κ2) is 13.0. The topological polar surface area (TPSA) is 146 Å². The molecule has 0 spiro atoms. The number of alkyl halides is 2. The molecule has 2 aliphatic heterocycles. The number of piperidine rings is 2. The van der Waals surface area contributed by atoms with Gasteiger partial charge in [-0.15, -0.1) is 0 Å². The van der Waals surface area contributed by atoms with Crippen molar-refractivity contribution in [3.05, 3.63) is 48.2 Å². The lowest BCUT2D eigenvalue weighted by molar-refractivity contribution is -0.134. The first kappa shape index (κ1) is 31.2. The number of nitrogens with one attached hydrogen (secondary N) is 1. The van der Waals surface area contributed by atoms with Gasteiger partial charge < -0.3 is 15.4 Å². The Balaban J connectivity index is 0.917. The predicted molar refractivity (Wildman–Crippen MR) is 170 cm³/mol. The molecule has 14 heteroatoms. The van der Waals surface area contributed by atoms with Gasteiger partial charge in [0.25, 0.3) is 6.43 Å². The Morgan fingerprint density at radius 3 is 2.34 bits per heavy atom. The normalized spacial score (nSPS) is 21.9. The summed E-state index contributed by atoms with van der Waals surface area (Å²) in [7, 11) is 0. The van der Waals surface area contributed by atoms with Gasteiger partial charge in [-0.3, -0.25) is 24.3 Å². The number of fused-ring (bicyclic) bond motifs is 1. The number of nitrogens with zero attached hydrogens (tertiary/aromatic N) is 7. The fourth-order valence-corrected chi connectivity index (χ4v) is 7.43. The number of aryl methyl sites for hydroxylation is 1. The number of imide groups is 1. The lowest BCUT2D eigenvalue weighted by Gasteiger charge is -2.36. The zero-order valence-electron chi connectivity index (χ0n) is 26.3. The second-order valence-corrected chi connectivity index (χ2v) is 13.1. The minimum Gasteiger partial charge on any atom is -0.460 e. The fraction of sp³-hybridized carbons (Fsp3) is 0.515. The average molecular weight is 648 g/mol. The van der Waals surface area contributed by atoms with Crippen LogP contribution in [0.25, 0.3) is 22.0 Å². The van der Waals surface area contributed by atoms with Crippen molar-refractivity contribution in [1.29, 1.82) is 0 Å². The Morgan fingerprint density at radius 1 is 0.979 bits per heavy atom. The molecule has 5 heterocycles. The van der Waals surface area contributed by atoms with Crippen LogP contribution in [0, 0.1) is 12.8 Å². The Hall–Kier alpha value is -4.46. The van der Waals surface area contributed by atoms with E-state index in [0.717, 1.165) is 85.9 Å². The number of carbonyl (C=O) groups is 2. The summed E-state index contributed by atoms with van der Waals surface area (Å²) in [5.41, 5.74) is 8.91. The second-order valence-electron chi connectivity index (χ2n) is 13.1. The predicted octanol–water partition coefficient (Wildman–Crippen LogP) is 4.77. The first-order chi connectivity index (χ1) is 22.7. The molecule has 12 nitrogen and oxygen atoms in total. The fourth-order valence-electron chi connectivity index (χ4n) is 7.43. The van der Waals surface area contributed by atoms with E-state index in [1.165, 1.54) is 0 Å². The van der Waals surface area contributed by atoms with Crippen molar-refractivity contribution in [2.45, 2.75) is 82.9 Å². The maximum atomic E-state index is 13.1. The molecular formula is C33H39F2N9O3. The number of halogens is 2. The van der Waals surface area contributed by atoms with Crippen molar-refractivity contribution in [3.8, 4) is 17.1 Å². The number of benzene rings is 1. The number of hydrogen-bond donors (Lipinski definition) is 2. The minimum atomic E-state index is -2.65. The zero-order valence-corrected chi connectivity index (χ0v) is 26.3. The molecule has 1 aliphatic carbocycles. The van der Waals surface area contributed by atoms with E-state index in [2.05, 4.69) is 25.3 Å². The van der Waals surface area contributed by atoms with Gasteiger partial charge in [0.15, 0.2) is 5.69 Å². The molecule has 1 saturated carbocycles. The minimum absolute atomic E-state index is 0.0430. The summed E-state index contributed by atoms with van der Waals surface area (Å²) in [6.07, 6.45) is 8.58. The molecule has 248 valence electrons. The van der Waals surface area contributed by atoms with E-state index in [1.807, 2.05) is 25.1 Å². The maximum absolute atomic E-state index is 13.1. The number of amides is 2. The quantitative estimate of drug-likeness (QED) is 0.258. The van der Waals surface area contributed by atoms with Crippen LogP contribution in [-0.4, -0.2) is 72.0 Å². The van der Waals surface area contributed by atoms with Gasteiger partial charge in [0.05, 0.1) is 29.0 Å². The largest absolute Gasteiger partial charge is 0.460 e. The van der Waals surface area contributed by atoms with E-state index in [1.54, 1.807) is 28.0 Å². The molecular weight excluding hydrogens is 608 g/mol. The summed E-state index contributed by atoms with van der Waals surface area (Å²) in [6, 6.07) is 6.04. The molecule has 4 aromatic rings. The van der Waals surface area contributed by atoms with E-state index in [9.17, 15) is 18.4 Å². The molecule has 7 rings (SSSR count). The summed E-state index contributed by atoms with van der Waals surface area (Å²) >= 11 is 0. The van der Waals surface area contributed by atoms with E-state index in [4.69, 9.17) is 15.6 Å². The number of nitrogen functional groups attached to an aromatic ring is 1. The van der Waals surface area contributed by atoms with Gasteiger partial charge in [0.1, 0.15) is 6.10 Å². The third kappa shape index (κ3) is 6.55. The maximum Gasteiger partial charge on any atom is 0.316 e. The van der Waals surface area contributed by atoms with Gasteiger partial charge in [-0.2, -0.15) is 10.2 Å². The molecule has 3 aromatic heterocycles. The zero-order chi connectivity index (χ0) is 32.7. The van der Waals surface area contributed by atoms with Crippen LogP contribution in [-0.2, 0) is 9.59 Å². The van der Waals surface area contributed by atoms with Gasteiger partial charge in [0.2, 0.25) is 11.8 Å². The van der Waals surface area contributed by atoms with Gasteiger partial charge in [-0.05, 0) is 63.0 Å². The van der Waals surface area contributed by atoms with Crippen molar-refractivity contribution >= 4 is 28.4 Å². The number of anilines is 1.